The quantitative estimate of drug-likeness (QED) is 0.694. The first-order valence-corrected chi connectivity index (χ1v) is 6.33. The summed E-state index contributed by atoms with van der Waals surface area (Å²) in [6, 6.07) is 4.12. The maximum absolute atomic E-state index is 4.30. The van der Waals surface area contributed by atoms with Gasteiger partial charge in [0.25, 0.3) is 0 Å². The number of hydrogen-bond acceptors (Lipinski definition) is 3. The summed E-state index contributed by atoms with van der Waals surface area (Å²) in [4.78, 5) is 8.30. The van der Waals surface area contributed by atoms with Crippen LogP contribution in [0.5, 0.6) is 0 Å². The number of pyridine rings is 1. The SMILES string of the molecule is Cc1n[c-]n(-c2cc(CC(C)C(C)C)ccn2)n1.[Ir]. The molecule has 19 heavy (non-hydrogen) atoms. The van der Waals surface area contributed by atoms with Crippen molar-refractivity contribution < 1.29 is 20.1 Å². The van der Waals surface area contributed by atoms with Gasteiger partial charge in [0.05, 0.1) is 5.82 Å². The minimum Gasteiger partial charge on any atom is -0.350 e. The number of aromatic nitrogens is 4. The number of nitrogens with zero attached hydrogens (tertiary/aromatic N) is 4. The topological polar surface area (TPSA) is 43.6 Å². The molecule has 1 radical (unpaired) electrons. The van der Waals surface area contributed by atoms with Gasteiger partial charge in [-0.1, -0.05) is 32.4 Å². The monoisotopic (exact) mass is 436 g/mol. The van der Waals surface area contributed by atoms with Gasteiger partial charge in [-0.3, -0.25) is 0 Å². The molecule has 0 aliphatic carbocycles. The Morgan fingerprint density at radius 3 is 2.63 bits per heavy atom. The van der Waals surface area contributed by atoms with Gasteiger partial charge in [0.2, 0.25) is 0 Å². The molecule has 0 aliphatic heterocycles. The van der Waals surface area contributed by atoms with Crippen molar-refractivity contribution in [3.05, 3.63) is 36.0 Å². The van der Waals surface area contributed by atoms with E-state index < -0.39 is 0 Å². The second-order valence-electron chi connectivity index (χ2n) is 5.12. The van der Waals surface area contributed by atoms with E-state index in [1.807, 2.05) is 13.1 Å². The predicted octanol–water partition coefficient (Wildman–Crippen LogP) is 2.60. The minimum atomic E-state index is 0. The molecule has 0 spiro atoms. The van der Waals surface area contributed by atoms with Gasteiger partial charge in [-0.25, -0.2) is 5.10 Å². The summed E-state index contributed by atoms with van der Waals surface area (Å²) in [5.41, 5.74) is 1.28. The van der Waals surface area contributed by atoms with E-state index >= 15 is 0 Å². The fraction of sp³-hybridized carbons (Fsp3) is 0.500. The maximum Gasteiger partial charge on any atom is 0.0537 e. The molecule has 2 rings (SSSR count). The van der Waals surface area contributed by atoms with Crippen LogP contribution in [-0.2, 0) is 26.5 Å². The molecular weight excluding hydrogens is 416 g/mol. The van der Waals surface area contributed by atoms with Gasteiger partial charge in [0, 0.05) is 38.5 Å². The molecule has 0 fully saturated rings. The van der Waals surface area contributed by atoms with Crippen molar-refractivity contribution in [2.75, 3.05) is 0 Å². The summed E-state index contributed by atoms with van der Waals surface area (Å²) >= 11 is 0. The van der Waals surface area contributed by atoms with Crippen LogP contribution in [-0.4, -0.2) is 19.7 Å². The Bertz CT molecular complexity index is 522. The molecule has 0 saturated heterocycles. The van der Waals surface area contributed by atoms with Crippen molar-refractivity contribution in [1.29, 1.82) is 0 Å². The standard InChI is InChI=1S/C14H19N4.Ir/c1-10(2)11(3)7-13-5-6-15-14(8-13)18-9-16-12(4)17-18;/h5-6,8,10-11H,7H2,1-4H3;/q-1;. The van der Waals surface area contributed by atoms with Gasteiger partial charge in [0.1, 0.15) is 0 Å². The fourth-order valence-corrected chi connectivity index (χ4v) is 1.72. The van der Waals surface area contributed by atoms with Crippen molar-refractivity contribution in [3.63, 3.8) is 0 Å². The Hall–Kier alpha value is -1.06. The van der Waals surface area contributed by atoms with Gasteiger partial charge in [0.15, 0.2) is 0 Å². The third-order valence-electron chi connectivity index (χ3n) is 3.27. The van der Waals surface area contributed by atoms with Gasteiger partial charge < -0.3 is 14.6 Å². The van der Waals surface area contributed by atoms with E-state index in [-0.39, 0.29) is 20.1 Å². The van der Waals surface area contributed by atoms with E-state index in [2.05, 4.69) is 54.3 Å². The van der Waals surface area contributed by atoms with Crippen LogP contribution in [0.25, 0.3) is 5.82 Å². The summed E-state index contributed by atoms with van der Waals surface area (Å²) in [6.07, 6.45) is 5.70. The van der Waals surface area contributed by atoms with Crippen molar-refractivity contribution >= 4 is 0 Å². The average Bonchev–Trinajstić information content (AvgIpc) is 2.76. The van der Waals surface area contributed by atoms with Crippen LogP contribution in [0, 0.1) is 25.1 Å². The first kappa shape index (κ1) is 16.0. The van der Waals surface area contributed by atoms with Crippen LogP contribution in [0.2, 0.25) is 0 Å². The third kappa shape index (κ3) is 4.22. The van der Waals surface area contributed by atoms with E-state index in [0.29, 0.717) is 17.7 Å². The van der Waals surface area contributed by atoms with Gasteiger partial charge >= 0.3 is 0 Å². The molecule has 0 bridgehead atoms. The summed E-state index contributed by atoms with van der Waals surface area (Å²) in [7, 11) is 0. The zero-order chi connectivity index (χ0) is 13.1. The van der Waals surface area contributed by atoms with E-state index in [1.165, 1.54) is 5.56 Å². The van der Waals surface area contributed by atoms with E-state index in [9.17, 15) is 0 Å². The second kappa shape index (κ2) is 6.92. The van der Waals surface area contributed by atoms with Crippen molar-refractivity contribution in [2.24, 2.45) is 11.8 Å². The van der Waals surface area contributed by atoms with Gasteiger partial charge in [-0.05, 0) is 31.2 Å². The van der Waals surface area contributed by atoms with E-state index in [0.717, 1.165) is 12.2 Å². The Kier molecular flexibility index (Phi) is 5.83. The van der Waals surface area contributed by atoms with Gasteiger partial charge in [-0.15, -0.1) is 0 Å². The van der Waals surface area contributed by atoms with Crippen molar-refractivity contribution in [1.82, 2.24) is 19.7 Å². The molecule has 0 amide bonds. The molecule has 1 unspecified atom stereocenters. The van der Waals surface area contributed by atoms with Crippen LogP contribution < -0.4 is 0 Å². The first-order valence-electron chi connectivity index (χ1n) is 6.33. The Labute approximate surface area is 128 Å². The molecule has 2 heterocycles. The maximum atomic E-state index is 4.30. The largest absolute Gasteiger partial charge is 0.350 e. The van der Waals surface area contributed by atoms with Crippen LogP contribution >= 0.6 is 0 Å². The molecule has 0 aliphatic rings. The van der Waals surface area contributed by atoms with Crippen LogP contribution in [0.15, 0.2) is 18.3 Å². The van der Waals surface area contributed by atoms with Crippen molar-refractivity contribution in [3.8, 4) is 5.82 Å². The number of rotatable bonds is 4. The van der Waals surface area contributed by atoms with Crippen LogP contribution in [0.4, 0.5) is 0 Å². The molecule has 2 aromatic rings. The summed E-state index contributed by atoms with van der Waals surface area (Å²) in [5.74, 6) is 2.82. The van der Waals surface area contributed by atoms with E-state index in [4.69, 9.17) is 0 Å². The summed E-state index contributed by atoms with van der Waals surface area (Å²) in [6.45, 7) is 8.62. The normalized spacial score (nSPS) is 12.3. The molecule has 1 atom stereocenters. The van der Waals surface area contributed by atoms with Gasteiger partial charge in [-0.2, -0.15) is 0 Å². The van der Waals surface area contributed by atoms with E-state index in [1.54, 1.807) is 4.68 Å². The van der Waals surface area contributed by atoms with Crippen LogP contribution in [0.3, 0.4) is 0 Å². The molecular formula is C14H19IrN4-. The molecule has 105 valence electrons. The summed E-state index contributed by atoms with van der Waals surface area (Å²) < 4.78 is 1.60. The van der Waals surface area contributed by atoms with Crippen molar-refractivity contribution in [2.45, 2.75) is 34.1 Å². The predicted molar refractivity (Wildman–Crippen MR) is 70.4 cm³/mol. The fourth-order valence-electron chi connectivity index (χ4n) is 1.72. The Balaban J connectivity index is 0.00000180. The molecule has 5 heteroatoms. The molecule has 0 aromatic carbocycles. The molecule has 2 aromatic heterocycles. The zero-order valence-corrected chi connectivity index (χ0v) is 14.1. The molecule has 0 N–H and O–H groups in total. The molecule has 4 nitrogen and oxygen atoms in total. The third-order valence-corrected chi connectivity index (χ3v) is 3.27. The second-order valence-corrected chi connectivity index (χ2v) is 5.12. The molecule has 0 saturated carbocycles. The van der Waals surface area contributed by atoms with Crippen LogP contribution in [0.1, 0.15) is 32.2 Å². The first-order chi connectivity index (χ1) is 8.56. The summed E-state index contributed by atoms with van der Waals surface area (Å²) in [5, 5.41) is 4.22. The zero-order valence-electron chi connectivity index (χ0n) is 11.7. The number of hydrogen-bond donors (Lipinski definition) is 0. The minimum absolute atomic E-state index is 0. The number of aryl methyl sites for hydroxylation is 1. The Morgan fingerprint density at radius 2 is 2.05 bits per heavy atom. The average molecular weight is 436 g/mol. The smallest absolute Gasteiger partial charge is 0.0537 e. The Morgan fingerprint density at radius 1 is 1.32 bits per heavy atom.